The van der Waals surface area contributed by atoms with Crippen molar-refractivity contribution in [3.63, 3.8) is 0 Å². The number of nitrogens with one attached hydrogen (secondary N) is 1. The first-order valence-electron chi connectivity index (χ1n) is 6.51. The minimum Gasteiger partial charge on any atom is -0.432 e. The lowest BCUT2D eigenvalue weighted by Gasteiger charge is -2.10. The van der Waals surface area contributed by atoms with Crippen molar-refractivity contribution in [3.05, 3.63) is 64.6 Å². The molecular formula is C16H9F4NO2. The van der Waals surface area contributed by atoms with Crippen LogP contribution in [0.3, 0.4) is 0 Å². The maximum absolute atomic E-state index is 13.5. The second-order valence-electron chi connectivity index (χ2n) is 4.75. The van der Waals surface area contributed by atoms with Crippen LogP contribution < -0.4 is 10.3 Å². The van der Waals surface area contributed by atoms with Gasteiger partial charge in [0.25, 0.3) is 5.56 Å². The fraction of sp³-hybridized carbons (Fsp3) is 0.0625. The molecule has 0 bridgehead atoms. The number of fused-ring (bicyclic) bond motifs is 1. The summed E-state index contributed by atoms with van der Waals surface area (Å²) in [5, 5.41) is 0.507. The van der Waals surface area contributed by atoms with Crippen LogP contribution in [0.15, 0.2) is 47.4 Å². The highest BCUT2D eigenvalue weighted by Crippen LogP contribution is 2.31. The molecule has 0 fully saturated rings. The van der Waals surface area contributed by atoms with Crippen LogP contribution in [0.25, 0.3) is 21.9 Å². The van der Waals surface area contributed by atoms with Crippen molar-refractivity contribution in [2.75, 3.05) is 0 Å². The summed E-state index contributed by atoms with van der Waals surface area (Å²) < 4.78 is 55.6. The third-order valence-corrected chi connectivity index (χ3v) is 3.32. The van der Waals surface area contributed by atoms with E-state index in [2.05, 4.69) is 9.72 Å². The van der Waals surface area contributed by atoms with Crippen LogP contribution >= 0.6 is 0 Å². The molecule has 0 spiro atoms. The summed E-state index contributed by atoms with van der Waals surface area (Å²) in [5.41, 5.74) is 0.281. The molecule has 0 aliphatic carbocycles. The van der Waals surface area contributed by atoms with E-state index in [1.807, 2.05) is 0 Å². The van der Waals surface area contributed by atoms with Crippen LogP contribution in [0, 0.1) is 11.6 Å². The Balaban J connectivity index is 2.21. The van der Waals surface area contributed by atoms with Gasteiger partial charge in [0.15, 0.2) is 11.6 Å². The van der Waals surface area contributed by atoms with Crippen molar-refractivity contribution in [2.24, 2.45) is 0 Å². The third kappa shape index (κ3) is 2.90. The van der Waals surface area contributed by atoms with Gasteiger partial charge in [-0.3, -0.25) is 4.79 Å². The number of aromatic amines is 1. The number of rotatable bonds is 3. The van der Waals surface area contributed by atoms with Gasteiger partial charge >= 0.3 is 6.61 Å². The Bertz CT molecular complexity index is 937. The lowest BCUT2D eigenvalue weighted by Crippen LogP contribution is -2.07. The summed E-state index contributed by atoms with van der Waals surface area (Å²) in [4.78, 5) is 14.2. The van der Waals surface area contributed by atoms with Gasteiger partial charge in [-0.05, 0) is 35.2 Å². The van der Waals surface area contributed by atoms with Gasteiger partial charge < -0.3 is 9.72 Å². The Morgan fingerprint density at radius 3 is 2.52 bits per heavy atom. The van der Waals surface area contributed by atoms with Crippen molar-refractivity contribution in [2.45, 2.75) is 6.61 Å². The summed E-state index contributed by atoms with van der Waals surface area (Å²) in [6.45, 7) is -3.17. The van der Waals surface area contributed by atoms with E-state index in [4.69, 9.17) is 0 Å². The molecule has 3 aromatic rings. The predicted molar refractivity (Wildman–Crippen MR) is 76.6 cm³/mol. The van der Waals surface area contributed by atoms with Crippen LogP contribution in [0.4, 0.5) is 17.6 Å². The molecule has 0 aliphatic rings. The van der Waals surface area contributed by atoms with E-state index in [0.717, 1.165) is 18.2 Å². The molecule has 0 radical (unpaired) electrons. The van der Waals surface area contributed by atoms with Gasteiger partial charge in [0, 0.05) is 11.8 Å². The minimum absolute atomic E-state index is 0.100. The molecule has 1 N–H and O–H groups in total. The second-order valence-corrected chi connectivity index (χ2v) is 4.75. The molecule has 1 heterocycles. The third-order valence-electron chi connectivity index (χ3n) is 3.32. The maximum Gasteiger partial charge on any atom is 0.387 e. The topological polar surface area (TPSA) is 42.1 Å². The number of hydrogen-bond acceptors (Lipinski definition) is 2. The van der Waals surface area contributed by atoms with Crippen molar-refractivity contribution < 1.29 is 22.3 Å². The second kappa shape index (κ2) is 5.75. The molecule has 2 aromatic carbocycles. The number of H-pyrrole nitrogens is 1. The number of aromatic nitrogens is 1. The van der Waals surface area contributed by atoms with E-state index in [9.17, 15) is 22.4 Å². The molecule has 0 unspecified atom stereocenters. The van der Waals surface area contributed by atoms with Gasteiger partial charge in [0.05, 0.1) is 5.39 Å². The molecule has 0 amide bonds. The molecule has 23 heavy (non-hydrogen) atoms. The lowest BCUT2D eigenvalue weighted by atomic mass is 10.0. The van der Waals surface area contributed by atoms with E-state index in [0.29, 0.717) is 16.5 Å². The van der Waals surface area contributed by atoms with Crippen molar-refractivity contribution >= 4 is 10.8 Å². The van der Waals surface area contributed by atoms with Gasteiger partial charge in [0.2, 0.25) is 0 Å². The SMILES string of the molecule is O=c1[nH]cc(-c2ccc(F)c(OC(F)F)c2)c2ccc(F)cc12. The Morgan fingerprint density at radius 1 is 1.00 bits per heavy atom. The van der Waals surface area contributed by atoms with E-state index in [1.165, 1.54) is 24.4 Å². The van der Waals surface area contributed by atoms with Crippen molar-refractivity contribution in [1.29, 1.82) is 0 Å². The van der Waals surface area contributed by atoms with Crippen LogP contribution in [-0.2, 0) is 0 Å². The largest absolute Gasteiger partial charge is 0.432 e. The molecule has 7 heteroatoms. The van der Waals surface area contributed by atoms with Gasteiger partial charge in [-0.25, -0.2) is 8.78 Å². The number of ether oxygens (including phenoxy) is 1. The Morgan fingerprint density at radius 2 is 1.78 bits per heavy atom. The van der Waals surface area contributed by atoms with Crippen molar-refractivity contribution in [3.8, 4) is 16.9 Å². The number of halogens is 4. The maximum atomic E-state index is 13.5. The first-order valence-corrected chi connectivity index (χ1v) is 6.51. The number of alkyl halides is 2. The predicted octanol–water partition coefficient (Wildman–Crippen LogP) is 4.07. The highest BCUT2D eigenvalue weighted by atomic mass is 19.3. The first kappa shape index (κ1) is 15.1. The van der Waals surface area contributed by atoms with E-state index < -0.39 is 29.6 Å². The van der Waals surface area contributed by atoms with Gasteiger partial charge in [0.1, 0.15) is 5.82 Å². The van der Waals surface area contributed by atoms with Gasteiger partial charge in [-0.15, -0.1) is 0 Å². The summed E-state index contributed by atoms with van der Waals surface area (Å²) >= 11 is 0. The molecule has 0 aliphatic heterocycles. The highest BCUT2D eigenvalue weighted by molar-refractivity contribution is 5.95. The molecule has 0 atom stereocenters. The van der Waals surface area contributed by atoms with Gasteiger partial charge in [-0.1, -0.05) is 12.1 Å². The summed E-state index contributed by atoms with van der Waals surface area (Å²) in [6.07, 6.45) is 1.35. The molecule has 3 nitrogen and oxygen atoms in total. The summed E-state index contributed by atoms with van der Waals surface area (Å²) in [6, 6.07) is 7.06. The average Bonchev–Trinajstić information content (AvgIpc) is 2.50. The van der Waals surface area contributed by atoms with Crippen LogP contribution in [0.1, 0.15) is 0 Å². The summed E-state index contributed by atoms with van der Waals surface area (Å²) in [5.74, 6) is -2.13. The van der Waals surface area contributed by atoms with Crippen LogP contribution in [-0.4, -0.2) is 11.6 Å². The highest BCUT2D eigenvalue weighted by Gasteiger charge is 2.13. The standard InChI is InChI=1S/C16H9F4NO2/c17-9-2-3-10-11(6-9)15(22)21-7-12(10)8-1-4-13(18)14(5-8)23-16(19)20/h1-7,16H,(H,21,22). The average molecular weight is 323 g/mol. The van der Waals surface area contributed by atoms with E-state index >= 15 is 0 Å². The molecule has 0 saturated heterocycles. The Kier molecular flexibility index (Phi) is 3.77. The fourth-order valence-electron chi connectivity index (χ4n) is 2.33. The zero-order valence-electron chi connectivity index (χ0n) is 11.4. The minimum atomic E-state index is -3.17. The normalized spacial score (nSPS) is 11.2. The molecule has 118 valence electrons. The van der Waals surface area contributed by atoms with Crippen molar-refractivity contribution in [1.82, 2.24) is 4.98 Å². The Labute approximate surface area is 127 Å². The zero-order chi connectivity index (χ0) is 16.6. The molecular weight excluding hydrogens is 314 g/mol. The molecule has 1 aromatic heterocycles. The smallest absolute Gasteiger partial charge is 0.387 e. The van der Waals surface area contributed by atoms with E-state index in [1.54, 1.807) is 0 Å². The number of hydrogen-bond donors (Lipinski definition) is 1. The molecule has 3 rings (SSSR count). The first-order chi connectivity index (χ1) is 11.0. The molecule has 0 saturated carbocycles. The number of pyridine rings is 1. The summed E-state index contributed by atoms with van der Waals surface area (Å²) in [7, 11) is 0. The Hall–Kier alpha value is -2.83. The lowest BCUT2D eigenvalue weighted by molar-refractivity contribution is -0.0521. The zero-order valence-corrected chi connectivity index (χ0v) is 11.4. The van der Waals surface area contributed by atoms with E-state index in [-0.39, 0.29) is 5.39 Å². The fourth-order valence-corrected chi connectivity index (χ4v) is 2.33. The monoisotopic (exact) mass is 323 g/mol. The quantitative estimate of drug-likeness (QED) is 0.738. The van der Waals surface area contributed by atoms with Gasteiger partial charge in [-0.2, -0.15) is 8.78 Å². The van der Waals surface area contributed by atoms with Crippen LogP contribution in [0.5, 0.6) is 5.75 Å². The van der Waals surface area contributed by atoms with Crippen LogP contribution in [0.2, 0.25) is 0 Å². The number of benzene rings is 2.